The number of carbonyl (C=O) groups excluding carboxylic acids is 1. The van der Waals surface area contributed by atoms with Gasteiger partial charge in [0, 0.05) is 13.1 Å². The molecule has 2 aromatic carbocycles. The van der Waals surface area contributed by atoms with E-state index in [2.05, 4.69) is 6.58 Å². The lowest BCUT2D eigenvalue weighted by molar-refractivity contribution is -0.133. The van der Waals surface area contributed by atoms with Crippen LogP contribution in [-0.4, -0.2) is 35.7 Å². The van der Waals surface area contributed by atoms with Crippen molar-refractivity contribution in [2.45, 2.75) is 13.5 Å². The van der Waals surface area contributed by atoms with Crippen LogP contribution < -0.4 is 9.47 Å². The Labute approximate surface area is 148 Å². The van der Waals surface area contributed by atoms with E-state index in [1.807, 2.05) is 31.2 Å². The van der Waals surface area contributed by atoms with Gasteiger partial charge >= 0.3 is 0 Å². The van der Waals surface area contributed by atoms with Gasteiger partial charge in [-0.15, -0.1) is 6.58 Å². The summed E-state index contributed by atoms with van der Waals surface area (Å²) < 4.78 is 10.9. The molecule has 1 N–H and O–H groups in total. The Morgan fingerprint density at radius 2 is 2.00 bits per heavy atom. The van der Waals surface area contributed by atoms with E-state index in [9.17, 15) is 9.90 Å². The van der Waals surface area contributed by atoms with Gasteiger partial charge in [-0.2, -0.15) is 0 Å². The zero-order valence-corrected chi connectivity index (χ0v) is 14.4. The third-order valence-electron chi connectivity index (χ3n) is 3.50. The normalized spacial score (nSPS) is 10.1. The lowest BCUT2D eigenvalue weighted by Crippen LogP contribution is -2.34. The predicted octanol–water partition coefficient (Wildman–Crippen LogP) is 3.38. The summed E-state index contributed by atoms with van der Waals surface area (Å²) in [5.74, 6) is 0.879. The van der Waals surface area contributed by atoms with Crippen LogP contribution in [0.3, 0.4) is 0 Å². The van der Waals surface area contributed by atoms with Crippen LogP contribution in [0.2, 0.25) is 0 Å². The van der Waals surface area contributed by atoms with E-state index in [1.54, 1.807) is 29.2 Å². The molecular formula is C20H23NO4. The highest BCUT2D eigenvalue weighted by atomic mass is 16.5. The van der Waals surface area contributed by atoms with E-state index in [4.69, 9.17) is 9.47 Å². The molecule has 2 rings (SSSR count). The molecule has 0 atom stereocenters. The van der Waals surface area contributed by atoms with Crippen molar-refractivity contribution in [1.82, 2.24) is 4.90 Å². The van der Waals surface area contributed by atoms with Gasteiger partial charge in [0.1, 0.15) is 5.75 Å². The summed E-state index contributed by atoms with van der Waals surface area (Å²) in [4.78, 5) is 14.1. The van der Waals surface area contributed by atoms with Gasteiger partial charge in [0.15, 0.2) is 18.1 Å². The van der Waals surface area contributed by atoms with E-state index in [-0.39, 0.29) is 24.0 Å². The van der Waals surface area contributed by atoms with Gasteiger partial charge < -0.3 is 19.5 Å². The SMILES string of the molecule is C=CCN(Cc1cccc(OCC)c1)C(=O)COc1ccccc1O. The summed E-state index contributed by atoms with van der Waals surface area (Å²) in [5, 5.41) is 9.70. The Bertz CT molecular complexity index is 714. The lowest BCUT2D eigenvalue weighted by atomic mass is 10.2. The Morgan fingerprint density at radius 1 is 1.20 bits per heavy atom. The second-order valence-electron chi connectivity index (χ2n) is 5.40. The van der Waals surface area contributed by atoms with Gasteiger partial charge in [-0.25, -0.2) is 0 Å². The summed E-state index contributed by atoms with van der Waals surface area (Å²) in [6.07, 6.45) is 1.67. The smallest absolute Gasteiger partial charge is 0.261 e. The third kappa shape index (κ3) is 5.57. The molecule has 0 aromatic heterocycles. The molecule has 0 aliphatic rings. The third-order valence-corrected chi connectivity index (χ3v) is 3.50. The molecule has 2 aromatic rings. The summed E-state index contributed by atoms with van der Waals surface area (Å²) in [6, 6.07) is 14.2. The first-order valence-electron chi connectivity index (χ1n) is 8.15. The summed E-state index contributed by atoms with van der Waals surface area (Å²) in [5.41, 5.74) is 0.962. The molecule has 5 nitrogen and oxygen atoms in total. The van der Waals surface area contributed by atoms with Crippen LogP contribution in [0, 0.1) is 0 Å². The molecule has 0 saturated heterocycles. The van der Waals surface area contributed by atoms with Gasteiger partial charge in [-0.3, -0.25) is 4.79 Å². The quantitative estimate of drug-likeness (QED) is 0.710. The lowest BCUT2D eigenvalue weighted by Gasteiger charge is -2.22. The van der Waals surface area contributed by atoms with E-state index < -0.39 is 0 Å². The van der Waals surface area contributed by atoms with Crippen LogP contribution in [0.5, 0.6) is 17.2 Å². The number of para-hydroxylation sites is 2. The maximum atomic E-state index is 12.5. The van der Waals surface area contributed by atoms with Crippen molar-refractivity contribution in [3.05, 3.63) is 66.7 Å². The fourth-order valence-electron chi connectivity index (χ4n) is 2.34. The largest absolute Gasteiger partial charge is 0.504 e. The van der Waals surface area contributed by atoms with Crippen LogP contribution in [0.4, 0.5) is 0 Å². The number of carbonyl (C=O) groups is 1. The van der Waals surface area contributed by atoms with Crippen molar-refractivity contribution < 1.29 is 19.4 Å². The zero-order valence-electron chi connectivity index (χ0n) is 14.4. The average Bonchev–Trinajstić information content (AvgIpc) is 2.61. The van der Waals surface area contributed by atoms with Crippen molar-refractivity contribution in [2.24, 2.45) is 0 Å². The molecule has 5 heteroatoms. The fourth-order valence-corrected chi connectivity index (χ4v) is 2.34. The molecule has 0 aliphatic heterocycles. The minimum absolute atomic E-state index is 0.00925. The molecule has 25 heavy (non-hydrogen) atoms. The van der Waals surface area contributed by atoms with Gasteiger partial charge in [-0.05, 0) is 36.8 Å². The molecule has 0 unspecified atom stereocenters. The van der Waals surface area contributed by atoms with Crippen LogP contribution in [0.1, 0.15) is 12.5 Å². The highest BCUT2D eigenvalue weighted by Crippen LogP contribution is 2.24. The molecule has 0 spiro atoms. The Kier molecular flexibility index (Phi) is 6.89. The van der Waals surface area contributed by atoms with Crippen molar-refractivity contribution in [2.75, 3.05) is 19.8 Å². The zero-order chi connectivity index (χ0) is 18.1. The topological polar surface area (TPSA) is 59.0 Å². The number of phenols is 1. The molecule has 0 bridgehead atoms. The molecule has 1 amide bonds. The molecule has 0 radical (unpaired) electrons. The van der Waals surface area contributed by atoms with Crippen molar-refractivity contribution in [1.29, 1.82) is 0 Å². The molecular weight excluding hydrogens is 318 g/mol. The van der Waals surface area contributed by atoms with Gasteiger partial charge in [0.05, 0.1) is 6.61 Å². The maximum Gasteiger partial charge on any atom is 0.261 e. The van der Waals surface area contributed by atoms with E-state index >= 15 is 0 Å². The second-order valence-corrected chi connectivity index (χ2v) is 5.40. The first kappa shape index (κ1) is 18.4. The number of aromatic hydroxyl groups is 1. The number of benzene rings is 2. The summed E-state index contributed by atoms with van der Waals surface area (Å²) >= 11 is 0. The number of amides is 1. The number of phenolic OH excluding ortho intramolecular Hbond substituents is 1. The first-order chi connectivity index (χ1) is 12.1. The minimum atomic E-state index is -0.190. The van der Waals surface area contributed by atoms with Crippen molar-refractivity contribution in [3.8, 4) is 17.2 Å². The number of ether oxygens (including phenoxy) is 2. The molecule has 0 aliphatic carbocycles. The summed E-state index contributed by atoms with van der Waals surface area (Å²) in [7, 11) is 0. The van der Waals surface area contributed by atoms with Crippen molar-refractivity contribution in [3.63, 3.8) is 0 Å². The van der Waals surface area contributed by atoms with E-state index in [0.717, 1.165) is 11.3 Å². The second kappa shape index (κ2) is 9.37. The highest BCUT2D eigenvalue weighted by molar-refractivity contribution is 5.78. The van der Waals surface area contributed by atoms with Gasteiger partial charge in [0.2, 0.25) is 0 Å². The van der Waals surface area contributed by atoms with Gasteiger partial charge in [0.25, 0.3) is 5.91 Å². The monoisotopic (exact) mass is 341 g/mol. The molecule has 0 fully saturated rings. The number of nitrogens with zero attached hydrogens (tertiary/aromatic N) is 1. The standard InChI is InChI=1S/C20H23NO4/c1-3-12-21(14-16-8-7-9-17(13-16)24-4-2)20(23)15-25-19-11-6-5-10-18(19)22/h3,5-11,13,22H,1,4,12,14-15H2,2H3. The van der Waals surface area contributed by atoms with Crippen LogP contribution in [0.25, 0.3) is 0 Å². The molecule has 132 valence electrons. The average molecular weight is 341 g/mol. The van der Waals surface area contributed by atoms with Crippen LogP contribution in [-0.2, 0) is 11.3 Å². The number of hydrogen-bond acceptors (Lipinski definition) is 4. The maximum absolute atomic E-state index is 12.5. The Morgan fingerprint density at radius 3 is 2.72 bits per heavy atom. The first-order valence-corrected chi connectivity index (χ1v) is 8.15. The van der Waals surface area contributed by atoms with E-state index in [1.165, 1.54) is 6.07 Å². The summed E-state index contributed by atoms with van der Waals surface area (Å²) in [6.45, 7) is 6.90. The Balaban J connectivity index is 2.01. The number of hydrogen-bond donors (Lipinski definition) is 1. The van der Waals surface area contributed by atoms with Crippen LogP contribution in [0.15, 0.2) is 61.2 Å². The van der Waals surface area contributed by atoms with E-state index in [0.29, 0.717) is 19.7 Å². The molecule has 0 heterocycles. The Hall–Kier alpha value is -2.95. The fraction of sp³-hybridized carbons (Fsp3) is 0.250. The predicted molar refractivity (Wildman–Crippen MR) is 96.8 cm³/mol. The van der Waals surface area contributed by atoms with Crippen molar-refractivity contribution >= 4 is 5.91 Å². The van der Waals surface area contributed by atoms with Crippen LogP contribution >= 0.6 is 0 Å². The number of rotatable bonds is 9. The highest BCUT2D eigenvalue weighted by Gasteiger charge is 2.15. The minimum Gasteiger partial charge on any atom is -0.504 e. The van der Waals surface area contributed by atoms with Gasteiger partial charge in [-0.1, -0.05) is 30.3 Å². The molecule has 0 saturated carbocycles.